The molecule has 1 radical (unpaired) electrons. The molecule has 0 spiro atoms. The molecule has 0 N–H and O–H groups in total. The second-order valence-corrected chi connectivity index (χ2v) is 25.8. The van der Waals surface area contributed by atoms with E-state index in [1.807, 2.05) is 12.1 Å². The van der Waals surface area contributed by atoms with Gasteiger partial charge in [-0.25, -0.2) is 0 Å². The van der Waals surface area contributed by atoms with Crippen molar-refractivity contribution in [2.24, 2.45) is 5.92 Å². The summed E-state index contributed by atoms with van der Waals surface area (Å²) in [5, 5.41) is 3.94. The van der Waals surface area contributed by atoms with Gasteiger partial charge >= 0.3 is 0 Å². The summed E-state index contributed by atoms with van der Waals surface area (Å²) in [5.74, 6) is 2.50. The maximum atomic E-state index is 5.30. The van der Waals surface area contributed by atoms with Gasteiger partial charge in [-0.2, -0.15) is 0 Å². The Kier molecular flexibility index (Phi) is 14.7. The quantitative estimate of drug-likeness (QED) is 0.101. The molecule has 1 fully saturated rings. The fourth-order valence-corrected chi connectivity index (χ4v) is 12.3. The van der Waals surface area contributed by atoms with Crippen LogP contribution in [0.4, 0.5) is 0 Å². The Morgan fingerprint density at radius 3 is 1.96 bits per heavy atom. The van der Waals surface area contributed by atoms with E-state index in [4.69, 9.17) is 9.97 Å². The third-order valence-corrected chi connectivity index (χ3v) is 16.3. The molecule has 0 amide bonds. The Morgan fingerprint density at radius 1 is 0.600 bits per heavy atom. The Bertz CT molecular complexity index is 3350. The Balaban J connectivity index is 0.000000214. The third-order valence-electron chi connectivity index (χ3n) is 14.2. The van der Waals surface area contributed by atoms with E-state index in [9.17, 15) is 0 Å². The molecule has 0 atom stereocenters. The van der Waals surface area contributed by atoms with Crippen molar-refractivity contribution in [1.29, 1.82) is 0 Å². The number of hydrogen-bond donors (Lipinski definition) is 0. The first kappa shape index (κ1) is 48.8. The van der Waals surface area contributed by atoms with E-state index >= 15 is 0 Å². The minimum absolute atomic E-state index is 0. The number of benzene rings is 7. The summed E-state index contributed by atoms with van der Waals surface area (Å²) in [5.41, 5.74) is 16.6. The number of aromatic nitrogens is 4. The van der Waals surface area contributed by atoms with Crippen molar-refractivity contribution in [1.82, 2.24) is 19.1 Å². The number of pyridine rings is 1. The van der Waals surface area contributed by atoms with Gasteiger partial charge in [-0.15, -0.1) is 59.7 Å². The van der Waals surface area contributed by atoms with Crippen LogP contribution in [0, 0.1) is 18.1 Å². The fraction of sp³-hybridized carbons (Fsp3) is 0.250. The second-order valence-electron chi connectivity index (χ2n) is 20.7. The SMILES string of the molecule is CC(C)c1cccc(C(C)C)c1-n1c(-c2[c-]cc3c(c2)c2cc(-c4ccccc4)ccc2n3-c2ccccc2)nc2ccccc21.C[Si](C)(C)c1cnc(-c2[c-]cccc2)cc1CC1CCCCC1.[Ir]. The van der Waals surface area contributed by atoms with Crippen LogP contribution in [-0.4, -0.2) is 27.2 Å². The molecule has 1 saturated carbocycles. The standard InChI is InChI=1S/C43H36N3.C21H28NSi.Ir/c1-28(2)34-18-13-19-35(29(3)4)42(34)46-41-21-12-11-20-38(41)44-43(46)32-23-25-40-37(27-32)36-26-31(30-14-7-5-8-15-30)22-24-39(36)45(40)33-16-9-6-10-17-33;1-23(2,3)21-16-22-20(18-12-8-5-9-13-18)15-19(21)14-17-10-6-4-7-11-17;/h5-22,24-29H,1-4H3;5,8-9,12,15-17H,4,6-7,10-11,14H2,1-3H3;/q2*-1;. The molecule has 0 bridgehead atoms. The zero-order chi connectivity index (χ0) is 47.6. The van der Waals surface area contributed by atoms with Gasteiger partial charge < -0.3 is 14.1 Å². The molecule has 6 heteroatoms. The van der Waals surface area contributed by atoms with Crippen molar-refractivity contribution >= 4 is 46.1 Å². The van der Waals surface area contributed by atoms with Gasteiger partial charge in [0.1, 0.15) is 0 Å². The van der Waals surface area contributed by atoms with E-state index in [0.717, 1.165) is 50.8 Å². The topological polar surface area (TPSA) is 35.6 Å². The maximum absolute atomic E-state index is 5.30. The van der Waals surface area contributed by atoms with Crippen LogP contribution < -0.4 is 5.19 Å². The maximum Gasteiger partial charge on any atom is 0.0798 e. The predicted octanol–water partition coefficient (Wildman–Crippen LogP) is 16.7. The Labute approximate surface area is 430 Å². The van der Waals surface area contributed by atoms with Gasteiger partial charge in [0.15, 0.2) is 0 Å². The van der Waals surface area contributed by atoms with E-state index in [0.29, 0.717) is 11.8 Å². The van der Waals surface area contributed by atoms with E-state index < -0.39 is 8.07 Å². The van der Waals surface area contributed by atoms with Gasteiger partial charge in [-0.3, -0.25) is 4.98 Å². The summed E-state index contributed by atoms with van der Waals surface area (Å²) in [6.45, 7) is 16.4. The Hall–Kier alpha value is -6.17. The van der Waals surface area contributed by atoms with E-state index in [-0.39, 0.29) is 20.1 Å². The van der Waals surface area contributed by atoms with Crippen LogP contribution in [0.1, 0.15) is 88.3 Å². The van der Waals surface area contributed by atoms with Crippen LogP contribution in [-0.2, 0) is 26.5 Å². The molecule has 1 aliphatic rings. The molecule has 70 heavy (non-hydrogen) atoms. The van der Waals surface area contributed by atoms with Gasteiger partial charge in [-0.05, 0) is 105 Å². The average Bonchev–Trinajstić information content (AvgIpc) is 3.92. The number of hydrogen-bond acceptors (Lipinski definition) is 2. The van der Waals surface area contributed by atoms with Crippen molar-refractivity contribution in [3.05, 3.63) is 199 Å². The van der Waals surface area contributed by atoms with E-state index in [2.05, 4.69) is 226 Å². The molecule has 0 unspecified atom stereocenters. The smallest absolute Gasteiger partial charge is 0.0798 e. The van der Waals surface area contributed by atoms with Crippen molar-refractivity contribution < 1.29 is 20.1 Å². The van der Waals surface area contributed by atoms with Crippen LogP contribution in [0.3, 0.4) is 0 Å². The van der Waals surface area contributed by atoms with Crippen molar-refractivity contribution in [2.45, 2.75) is 97.7 Å². The molecule has 0 aliphatic heterocycles. The molecule has 7 aromatic carbocycles. The minimum atomic E-state index is -1.36. The largest absolute Gasteiger partial charge is 0.351 e. The summed E-state index contributed by atoms with van der Waals surface area (Å²) in [6, 6.07) is 65.3. The molecule has 3 aromatic heterocycles. The fourth-order valence-electron chi connectivity index (χ4n) is 10.7. The molecule has 355 valence electrons. The summed E-state index contributed by atoms with van der Waals surface area (Å²) < 4.78 is 4.75. The molecule has 10 aromatic rings. The van der Waals surface area contributed by atoms with Crippen molar-refractivity contribution in [2.75, 3.05) is 0 Å². The van der Waals surface area contributed by atoms with Crippen LogP contribution in [0.25, 0.3) is 78.0 Å². The summed E-state index contributed by atoms with van der Waals surface area (Å²) in [6.07, 6.45) is 10.5. The minimum Gasteiger partial charge on any atom is -0.351 e. The summed E-state index contributed by atoms with van der Waals surface area (Å²) >= 11 is 0. The van der Waals surface area contributed by atoms with Gasteiger partial charge in [0.2, 0.25) is 0 Å². The van der Waals surface area contributed by atoms with Crippen molar-refractivity contribution in [3.63, 3.8) is 0 Å². The number of fused-ring (bicyclic) bond motifs is 4. The molecular weight excluding hydrogens is 1050 g/mol. The summed E-state index contributed by atoms with van der Waals surface area (Å²) in [4.78, 5) is 10.1. The zero-order valence-corrected chi connectivity index (χ0v) is 45.2. The average molecular weight is 1110 g/mol. The molecular formula is C64H64IrN4Si-2. The zero-order valence-electron chi connectivity index (χ0n) is 41.8. The van der Waals surface area contributed by atoms with Gasteiger partial charge in [-0.1, -0.05) is 181 Å². The van der Waals surface area contributed by atoms with Crippen LogP contribution >= 0.6 is 0 Å². The summed E-state index contributed by atoms with van der Waals surface area (Å²) in [7, 11) is -1.36. The first-order valence-corrected chi connectivity index (χ1v) is 28.7. The predicted molar refractivity (Wildman–Crippen MR) is 295 cm³/mol. The number of para-hydroxylation sites is 4. The number of imidazole rings is 1. The van der Waals surface area contributed by atoms with Crippen LogP contribution in [0.5, 0.6) is 0 Å². The molecule has 3 heterocycles. The van der Waals surface area contributed by atoms with E-state index in [1.54, 1.807) is 10.8 Å². The van der Waals surface area contributed by atoms with Gasteiger partial charge in [0, 0.05) is 43.2 Å². The number of rotatable bonds is 10. The molecule has 0 saturated heterocycles. The van der Waals surface area contributed by atoms with Crippen LogP contribution in [0.2, 0.25) is 19.6 Å². The molecule has 1 aliphatic carbocycles. The normalized spacial score (nSPS) is 13.2. The monoisotopic (exact) mass is 1110 g/mol. The third kappa shape index (κ3) is 9.92. The Morgan fingerprint density at radius 2 is 1.27 bits per heavy atom. The van der Waals surface area contributed by atoms with E-state index in [1.165, 1.54) is 82.8 Å². The molecule has 11 rings (SSSR count). The van der Waals surface area contributed by atoms with Gasteiger partial charge in [0.05, 0.1) is 24.9 Å². The first-order chi connectivity index (χ1) is 33.5. The number of nitrogens with zero attached hydrogens (tertiary/aromatic N) is 4. The van der Waals surface area contributed by atoms with Gasteiger partial charge in [0.25, 0.3) is 0 Å². The van der Waals surface area contributed by atoms with Crippen molar-refractivity contribution in [3.8, 4) is 45.1 Å². The van der Waals surface area contributed by atoms with Crippen LogP contribution in [0.15, 0.2) is 170 Å². The first-order valence-electron chi connectivity index (χ1n) is 25.2. The molecule has 4 nitrogen and oxygen atoms in total. The second kappa shape index (κ2) is 21.0.